The first kappa shape index (κ1) is 42.3. The summed E-state index contributed by atoms with van der Waals surface area (Å²) in [6.07, 6.45) is 19.5. The predicted octanol–water partition coefficient (Wildman–Crippen LogP) is 18.5. The highest BCUT2D eigenvalue weighted by Crippen LogP contribution is 2.46. The quantitative estimate of drug-likeness (QED) is 0.152. The van der Waals surface area contributed by atoms with Crippen molar-refractivity contribution in [1.82, 2.24) is 9.55 Å². The molecule has 10 aromatic carbocycles. The lowest BCUT2D eigenvalue weighted by Gasteiger charge is -2.17. The van der Waals surface area contributed by atoms with E-state index < -0.39 is 0 Å². The van der Waals surface area contributed by atoms with Gasteiger partial charge in [-0.2, -0.15) is 0 Å². The Kier molecular flexibility index (Phi) is 10.3. The molecule has 0 aliphatic heterocycles. The molecular weight excluding hydrogens is 885 g/mol. The number of para-hydroxylation sites is 1. The SMILES string of the molecule is C1=CC=CC(C=C(c2cc(C(=Cc3ccccn3)c3ccc4ccccc4c3)c3oc4cccc(-c5ccc6c7ccccc7n(-c7cccc8ccccc78)c6c5)c4c3c2)c2cccc3ccccc23)C=C1. The van der Waals surface area contributed by atoms with Crippen LogP contribution in [-0.4, -0.2) is 9.55 Å². The van der Waals surface area contributed by atoms with E-state index in [4.69, 9.17) is 9.40 Å². The van der Waals surface area contributed by atoms with Gasteiger partial charge < -0.3 is 8.98 Å². The fourth-order valence-corrected chi connectivity index (χ4v) is 11.3. The molecule has 0 saturated heterocycles. The van der Waals surface area contributed by atoms with Crippen molar-refractivity contribution in [2.24, 2.45) is 5.92 Å². The third kappa shape index (κ3) is 7.41. The van der Waals surface area contributed by atoms with Crippen LogP contribution in [0.4, 0.5) is 0 Å². The smallest absolute Gasteiger partial charge is 0.143 e. The van der Waals surface area contributed by atoms with Gasteiger partial charge >= 0.3 is 0 Å². The molecule has 13 aromatic rings. The van der Waals surface area contributed by atoms with Crippen molar-refractivity contribution < 1.29 is 4.42 Å². The van der Waals surface area contributed by atoms with Crippen molar-refractivity contribution in [2.75, 3.05) is 0 Å². The van der Waals surface area contributed by atoms with Gasteiger partial charge in [0.15, 0.2) is 0 Å². The summed E-state index contributed by atoms with van der Waals surface area (Å²) in [4.78, 5) is 4.88. The van der Waals surface area contributed by atoms with Crippen molar-refractivity contribution in [3.05, 3.63) is 295 Å². The van der Waals surface area contributed by atoms with E-state index in [0.29, 0.717) is 0 Å². The van der Waals surface area contributed by atoms with Gasteiger partial charge in [-0.25, -0.2) is 0 Å². The van der Waals surface area contributed by atoms with E-state index in [1.54, 1.807) is 0 Å². The summed E-state index contributed by atoms with van der Waals surface area (Å²) >= 11 is 0. The monoisotopic (exact) mass is 930 g/mol. The normalized spacial score (nSPS) is 13.4. The van der Waals surface area contributed by atoms with Gasteiger partial charge in [0, 0.05) is 44.6 Å². The van der Waals surface area contributed by atoms with Crippen molar-refractivity contribution in [2.45, 2.75) is 0 Å². The van der Waals surface area contributed by atoms with Crippen LogP contribution in [0.25, 0.3) is 110 Å². The Morgan fingerprint density at radius 3 is 1.99 bits per heavy atom. The van der Waals surface area contributed by atoms with Crippen LogP contribution in [0.5, 0.6) is 0 Å². The first-order valence-corrected chi connectivity index (χ1v) is 25.1. The summed E-state index contributed by atoms with van der Waals surface area (Å²) in [5.74, 6) is 0.0454. The minimum atomic E-state index is 0.0454. The fourth-order valence-electron chi connectivity index (χ4n) is 11.3. The number of allylic oxidation sites excluding steroid dienone is 7. The second-order valence-electron chi connectivity index (χ2n) is 19.0. The Hall–Kier alpha value is -9.57. The second kappa shape index (κ2) is 17.7. The molecule has 342 valence electrons. The van der Waals surface area contributed by atoms with Gasteiger partial charge in [-0.05, 0) is 127 Å². The van der Waals surface area contributed by atoms with Gasteiger partial charge in [-0.1, -0.05) is 206 Å². The molecule has 3 heteroatoms. The molecule has 14 rings (SSSR count). The number of rotatable bonds is 8. The molecule has 0 amide bonds. The Balaban J connectivity index is 1.08. The molecule has 1 aliphatic carbocycles. The van der Waals surface area contributed by atoms with Crippen molar-refractivity contribution >= 4 is 93.3 Å². The number of pyridine rings is 1. The van der Waals surface area contributed by atoms with Crippen LogP contribution in [0.15, 0.2) is 272 Å². The molecular formula is C70H46N2O. The second-order valence-corrected chi connectivity index (χ2v) is 19.0. The zero-order valence-electron chi connectivity index (χ0n) is 39.9. The van der Waals surface area contributed by atoms with Crippen LogP contribution in [0, 0.1) is 5.92 Å². The molecule has 0 bridgehead atoms. The minimum Gasteiger partial charge on any atom is -0.455 e. The number of fused-ring (bicyclic) bond motifs is 9. The maximum atomic E-state index is 7.31. The minimum absolute atomic E-state index is 0.0454. The number of aromatic nitrogens is 2. The highest BCUT2D eigenvalue weighted by atomic mass is 16.3. The van der Waals surface area contributed by atoms with Crippen molar-refractivity contribution in [3.63, 3.8) is 0 Å². The molecule has 3 nitrogen and oxygen atoms in total. The standard InChI is InChI=1S/C70H46N2O/c1-2-4-19-46(18-3-1)40-61(58-31-15-24-48-21-7-9-27-55(48)58)53-42-63(62(45-54-26-13-14-39-71-54)51-36-35-47-20-5-6-23-50(47)41-51)70-64(43-53)69-57(30-17-34-68(69)73-70)52-37-38-60-59-29-11-12-32-66(59)72(67(60)44-52)65-33-16-25-49-22-8-10-28-56(49)65/h1-46H. The Morgan fingerprint density at radius 1 is 0.452 bits per heavy atom. The summed E-state index contributed by atoms with van der Waals surface area (Å²) in [5.41, 5.74) is 14.7. The largest absolute Gasteiger partial charge is 0.455 e. The van der Waals surface area contributed by atoms with Gasteiger partial charge in [-0.3, -0.25) is 4.98 Å². The van der Waals surface area contributed by atoms with E-state index in [2.05, 4.69) is 265 Å². The first-order valence-electron chi connectivity index (χ1n) is 25.1. The topological polar surface area (TPSA) is 31.0 Å². The van der Waals surface area contributed by atoms with Gasteiger partial charge in [0.2, 0.25) is 0 Å². The van der Waals surface area contributed by atoms with Crippen molar-refractivity contribution in [1.29, 1.82) is 0 Å². The lowest BCUT2D eigenvalue weighted by molar-refractivity contribution is 0.668. The number of furan rings is 1. The molecule has 1 aliphatic rings. The van der Waals surface area contributed by atoms with E-state index >= 15 is 0 Å². The van der Waals surface area contributed by atoms with Crippen LogP contribution < -0.4 is 0 Å². The average Bonchev–Trinajstić information content (AvgIpc) is 3.87. The van der Waals surface area contributed by atoms with E-state index in [1.807, 2.05) is 12.3 Å². The lowest BCUT2D eigenvalue weighted by Crippen LogP contribution is -1.98. The number of nitrogens with zero attached hydrogens (tertiary/aromatic N) is 2. The highest BCUT2D eigenvalue weighted by molar-refractivity contribution is 6.18. The average molecular weight is 931 g/mol. The highest BCUT2D eigenvalue weighted by Gasteiger charge is 2.24. The van der Waals surface area contributed by atoms with Crippen LogP contribution in [-0.2, 0) is 0 Å². The molecule has 0 atom stereocenters. The van der Waals surface area contributed by atoms with Crippen molar-refractivity contribution in [3.8, 4) is 16.8 Å². The predicted molar refractivity (Wildman–Crippen MR) is 308 cm³/mol. The van der Waals surface area contributed by atoms with Crippen LogP contribution in [0.1, 0.15) is 27.9 Å². The summed E-state index contributed by atoms with van der Waals surface area (Å²) in [6, 6.07) is 79.2. The van der Waals surface area contributed by atoms with Gasteiger partial charge in [0.1, 0.15) is 11.2 Å². The lowest BCUT2D eigenvalue weighted by atomic mass is 9.86. The van der Waals surface area contributed by atoms with Gasteiger partial charge in [0.05, 0.1) is 22.4 Å². The van der Waals surface area contributed by atoms with E-state index in [9.17, 15) is 0 Å². The number of hydrogen-bond acceptors (Lipinski definition) is 2. The van der Waals surface area contributed by atoms with E-state index in [0.717, 1.165) is 77.8 Å². The third-order valence-corrected chi connectivity index (χ3v) is 14.7. The van der Waals surface area contributed by atoms with Crippen LogP contribution >= 0.6 is 0 Å². The molecule has 3 aromatic heterocycles. The molecule has 0 unspecified atom stereocenters. The summed E-state index contributed by atoms with van der Waals surface area (Å²) < 4.78 is 9.76. The maximum Gasteiger partial charge on any atom is 0.143 e. The zero-order valence-corrected chi connectivity index (χ0v) is 39.9. The zero-order chi connectivity index (χ0) is 48.2. The molecule has 0 fully saturated rings. The van der Waals surface area contributed by atoms with Gasteiger partial charge in [0.25, 0.3) is 0 Å². The molecule has 73 heavy (non-hydrogen) atoms. The Morgan fingerprint density at radius 2 is 1.15 bits per heavy atom. The van der Waals surface area contributed by atoms with E-state index in [1.165, 1.54) is 54.2 Å². The summed E-state index contributed by atoms with van der Waals surface area (Å²) in [5, 5.41) is 11.7. The fraction of sp³-hybridized carbons (Fsp3) is 0.0143. The van der Waals surface area contributed by atoms with E-state index in [-0.39, 0.29) is 5.92 Å². The summed E-state index contributed by atoms with van der Waals surface area (Å²) in [6.45, 7) is 0. The van der Waals surface area contributed by atoms with Gasteiger partial charge in [-0.15, -0.1) is 0 Å². The molecule has 0 radical (unpaired) electrons. The molecule has 0 N–H and O–H groups in total. The molecule has 3 heterocycles. The van der Waals surface area contributed by atoms with Crippen LogP contribution in [0.2, 0.25) is 0 Å². The Labute approximate surface area is 422 Å². The molecule has 0 spiro atoms. The third-order valence-electron chi connectivity index (χ3n) is 14.7. The summed E-state index contributed by atoms with van der Waals surface area (Å²) in [7, 11) is 0. The maximum absolute atomic E-state index is 7.31. The Bertz CT molecular complexity index is 4470. The van der Waals surface area contributed by atoms with Crippen LogP contribution in [0.3, 0.4) is 0 Å². The molecule has 0 saturated carbocycles. The first-order chi connectivity index (χ1) is 36.2. The number of benzene rings is 10. The number of hydrogen-bond donors (Lipinski definition) is 0.